The van der Waals surface area contributed by atoms with Crippen LogP contribution in [0.25, 0.3) is 10.9 Å². The van der Waals surface area contributed by atoms with Crippen molar-refractivity contribution in [3.63, 3.8) is 0 Å². The monoisotopic (exact) mass is 352 g/mol. The quantitative estimate of drug-likeness (QED) is 0.701. The van der Waals surface area contributed by atoms with Gasteiger partial charge in [0.15, 0.2) is 11.5 Å². The second kappa shape index (κ2) is 6.47. The van der Waals surface area contributed by atoms with Crippen molar-refractivity contribution in [1.82, 2.24) is 19.9 Å². The highest BCUT2D eigenvalue weighted by molar-refractivity contribution is 5.78. The van der Waals surface area contributed by atoms with Crippen LogP contribution in [0.3, 0.4) is 0 Å². The normalized spacial score (nSPS) is 12.3. The fourth-order valence-corrected chi connectivity index (χ4v) is 2.78. The highest BCUT2D eigenvalue weighted by Crippen LogP contribution is 2.32. The van der Waals surface area contributed by atoms with Crippen molar-refractivity contribution >= 4 is 16.8 Å². The molecule has 1 aliphatic heterocycles. The number of aromatic nitrogens is 3. The molecule has 0 N–H and O–H groups in total. The molecular formula is C18H16N4O4. The van der Waals surface area contributed by atoms with Crippen molar-refractivity contribution in [2.45, 2.75) is 13.1 Å². The molecule has 0 bridgehead atoms. The van der Waals surface area contributed by atoms with Gasteiger partial charge in [-0.1, -0.05) is 23.4 Å². The second-order valence-electron chi connectivity index (χ2n) is 6.01. The molecule has 26 heavy (non-hydrogen) atoms. The molecule has 1 aromatic heterocycles. The van der Waals surface area contributed by atoms with Gasteiger partial charge < -0.3 is 14.4 Å². The van der Waals surface area contributed by atoms with Crippen LogP contribution in [0.4, 0.5) is 0 Å². The van der Waals surface area contributed by atoms with E-state index in [4.69, 9.17) is 9.47 Å². The maximum Gasteiger partial charge on any atom is 0.278 e. The first-order valence-electron chi connectivity index (χ1n) is 8.07. The zero-order valence-corrected chi connectivity index (χ0v) is 14.1. The van der Waals surface area contributed by atoms with Crippen LogP contribution >= 0.6 is 0 Å². The van der Waals surface area contributed by atoms with E-state index in [9.17, 15) is 9.59 Å². The van der Waals surface area contributed by atoms with Gasteiger partial charge in [0.2, 0.25) is 12.7 Å². The number of carbonyl (C=O) groups is 1. The van der Waals surface area contributed by atoms with Gasteiger partial charge in [-0.05, 0) is 29.8 Å². The van der Waals surface area contributed by atoms with Crippen molar-refractivity contribution in [2.24, 2.45) is 0 Å². The van der Waals surface area contributed by atoms with Crippen LogP contribution in [-0.4, -0.2) is 39.6 Å². The Kier molecular flexibility index (Phi) is 4.00. The summed E-state index contributed by atoms with van der Waals surface area (Å²) in [5.41, 5.74) is 1.08. The van der Waals surface area contributed by atoms with Crippen molar-refractivity contribution in [3.8, 4) is 11.5 Å². The van der Waals surface area contributed by atoms with E-state index in [1.807, 2.05) is 18.2 Å². The van der Waals surface area contributed by atoms with Gasteiger partial charge in [-0.15, -0.1) is 5.10 Å². The van der Waals surface area contributed by atoms with Gasteiger partial charge in [-0.3, -0.25) is 9.59 Å². The minimum absolute atomic E-state index is 0.169. The van der Waals surface area contributed by atoms with Gasteiger partial charge >= 0.3 is 0 Å². The molecule has 0 unspecified atom stereocenters. The highest BCUT2D eigenvalue weighted by atomic mass is 16.7. The Bertz CT molecular complexity index is 1050. The first-order chi connectivity index (χ1) is 12.6. The number of likely N-dealkylation sites (N-methyl/N-ethyl adjacent to an activating group) is 1. The number of rotatable bonds is 4. The Morgan fingerprint density at radius 3 is 2.88 bits per heavy atom. The summed E-state index contributed by atoms with van der Waals surface area (Å²) in [4.78, 5) is 26.4. The van der Waals surface area contributed by atoms with E-state index in [1.54, 1.807) is 31.3 Å². The lowest BCUT2D eigenvalue weighted by Gasteiger charge is -2.17. The summed E-state index contributed by atoms with van der Waals surface area (Å²) < 4.78 is 11.7. The maximum absolute atomic E-state index is 12.5. The third kappa shape index (κ3) is 2.97. The van der Waals surface area contributed by atoms with Crippen LogP contribution in [0.1, 0.15) is 5.56 Å². The van der Waals surface area contributed by atoms with Crippen molar-refractivity contribution in [3.05, 3.63) is 58.4 Å². The molecule has 8 heteroatoms. The molecule has 0 saturated carbocycles. The molecule has 1 aliphatic rings. The van der Waals surface area contributed by atoms with Gasteiger partial charge in [0.1, 0.15) is 12.1 Å². The number of amides is 1. The van der Waals surface area contributed by atoms with E-state index in [0.29, 0.717) is 28.9 Å². The SMILES string of the molecule is CN(Cc1ccc2c(c1)OCO2)C(=O)Cn1nnc2ccccc2c1=O. The largest absolute Gasteiger partial charge is 0.454 e. The Balaban J connectivity index is 1.49. The number of hydrogen-bond donors (Lipinski definition) is 0. The third-order valence-electron chi connectivity index (χ3n) is 4.20. The van der Waals surface area contributed by atoms with Gasteiger partial charge in [-0.2, -0.15) is 0 Å². The van der Waals surface area contributed by atoms with Crippen LogP contribution in [-0.2, 0) is 17.9 Å². The van der Waals surface area contributed by atoms with Gasteiger partial charge in [-0.25, -0.2) is 4.68 Å². The fourth-order valence-electron chi connectivity index (χ4n) is 2.78. The lowest BCUT2D eigenvalue weighted by atomic mass is 10.2. The van der Waals surface area contributed by atoms with Crippen LogP contribution in [0, 0.1) is 0 Å². The van der Waals surface area contributed by atoms with Crippen LogP contribution in [0.5, 0.6) is 11.5 Å². The third-order valence-corrected chi connectivity index (χ3v) is 4.20. The number of fused-ring (bicyclic) bond motifs is 2. The molecule has 1 amide bonds. The standard InChI is InChI=1S/C18H16N4O4/c1-21(9-12-6-7-15-16(8-12)26-11-25-15)17(23)10-22-18(24)13-4-2-3-5-14(13)19-20-22/h2-8H,9-11H2,1H3. The van der Waals surface area contributed by atoms with E-state index in [0.717, 1.165) is 10.2 Å². The summed E-state index contributed by atoms with van der Waals surface area (Å²) in [6.45, 7) is 0.417. The molecule has 0 saturated heterocycles. The number of hydrogen-bond acceptors (Lipinski definition) is 6. The summed E-state index contributed by atoms with van der Waals surface area (Å²) in [5, 5.41) is 8.28. The number of nitrogens with zero attached hydrogens (tertiary/aromatic N) is 4. The predicted octanol–water partition coefficient (Wildman–Crippen LogP) is 1.18. The molecule has 132 valence electrons. The van der Waals surface area contributed by atoms with Crippen LogP contribution in [0.2, 0.25) is 0 Å². The topological polar surface area (TPSA) is 86.6 Å². The average Bonchev–Trinajstić information content (AvgIpc) is 3.12. The Morgan fingerprint density at radius 2 is 2.00 bits per heavy atom. The molecule has 2 aromatic carbocycles. The first kappa shape index (κ1) is 16.1. The lowest BCUT2D eigenvalue weighted by Crippen LogP contribution is -2.35. The summed E-state index contributed by atoms with van der Waals surface area (Å²) in [5.74, 6) is 1.12. The number of carbonyl (C=O) groups excluding carboxylic acids is 1. The van der Waals surface area contributed by atoms with Crippen LogP contribution in [0.15, 0.2) is 47.3 Å². The molecule has 8 nitrogen and oxygen atoms in total. The molecule has 0 atom stereocenters. The lowest BCUT2D eigenvalue weighted by molar-refractivity contribution is -0.131. The molecule has 0 fully saturated rings. The summed E-state index contributed by atoms with van der Waals surface area (Å²) in [7, 11) is 1.67. The molecule has 4 rings (SSSR count). The first-order valence-corrected chi connectivity index (χ1v) is 8.07. The molecular weight excluding hydrogens is 336 g/mol. The Morgan fingerprint density at radius 1 is 1.19 bits per heavy atom. The van der Waals surface area contributed by atoms with Crippen molar-refractivity contribution in [2.75, 3.05) is 13.8 Å². The smallest absolute Gasteiger partial charge is 0.278 e. The van der Waals surface area contributed by atoms with Gasteiger partial charge in [0, 0.05) is 13.6 Å². The zero-order valence-electron chi connectivity index (χ0n) is 14.1. The highest BCUT2D eigenvalue weighted by Gasteiger charge is 2.17. The fraction of sp³-hybridized carbons (Fsp3) is 0.222. The number of ether oxygens (including phenoxy) is 2. The zero-order chi connectivity index (χ0) is 18.1. The Hall–Kier alpha value is -3.42. The van der Waals surface area contributed by atoms with Crippen LogP contribution < -0.4 is 15.0 Å². The van der Waals surface area contributed by atoms with Crippen molar-refractivity contribution < 1.29 is 14.3 Å². The van der Waals surface area contributed by atoms with Gasteiger partial charge in [0.25, 0.3) is 5.56 Å². The van der Waals surface area contributed by atoms with E-state index < -0.39 is 0 Å². The molecule has 0 radical (unpaired) electrons. The molecule has 0 spiro atoms. The molecule has 2 heterocycles. The van der Waals surface area contributed by atoms with E-state index in [2.05, 4.69) is 10.3 Å². The average molecular weight is 352 g/mol. The molecule has 0 aliphatic carbocycles. The number of benzene rings is 2. The Labute approximate surface area is 148 Å². The van der Waals surface area contributed by atoms with Gasteiger partial charge in [0.05, 0.1) is 5.39 Å². The predicted molar refractivity (Wildman–Crippen MR) is 92.8 cm³/mol. The summed E-state index contributed by atoms with van der Waals surface area (Å²) >= 11 is 0. The summed E-state index contributed by atoms with van der Waals surface area (Å²) in [6.07, 6.45) is 0. The summed E-state index contributed by atoms with van der Waals surface area (Å²) in [6, 6.07) is 12.4. The van der Waals surface area contributed by atoms with E-state index in [1.165, 1.54) is 4.90 Å². The van der Waals surface area contributed by atoms with E-state index >= 15 is 0 Å². The minimum Gasteiger partial charge on any atom is -0.454 e. The maximum atomic E-state index is 12.5. The van der Waals surface area contributed by atoms with Crippen molar-refractivity contribution in [1.29, 1.82) is 0 Å². The minimum atomic E-state index is -0.333. The second-order valence-corrected chi connectivity index (χ2v) is 6.01. The van der Waals surface area contributed by atoms with E-state index in [-0.39, 0.29) is 24.8 Å². The molecule has 3 aromatic rings.